The number of carbonyl (C=O) groups excluding carboxylic acids is 1. The maximum absolute atomic E-state index is 13.0. The molecule has 5 rings (SSSR count). The fourth-order valence-electron chi connectivity index (χ4n) is 4.19. The number of carbonyl (C=O) groups is 1. The van der Waals surface area contributed by atoms with Crippen LogP contribution in [-0.2, 0) is 10.0 Å². The molecular formula is C26H25N3O4S2. The highest BCUT2D eigenvalue weighted by atomic mass is 32.2. The maximum atomic E-state index is 13.0. The zero-order valence-electron chi connectivity index (χ0n) is 19.0. The fraction of sp³-hybridized carbons (Fsp3) is 0.231. The maximum Gasteiger partial charge on any atom is 0.255 e. The lowest BCUT2D eigenvalue weighted by Crippen LogP contribution is -2.31. The predicted octanol–water partition coefficient (Wildman–Crippen LogP) is 5.49. The minimum atomic E-state index is -3.57. The number of nitrogens with zero attached hydrogens (tertiary/aromatic N) is 2. The number of amides is 1. The van der Waals surface area contributed by atoms with Crippen LogP contribution in [0.2, 0.25) is 0 Å². The summed E-state index contributed by atoms with van der Waals surface area (Å²) in [7, 11) is -3.57. The number of aromatic hydroxyl groups is 1. The van der Waals surface area contributed by atoms with Gasteiger partial charge in [0.15, 0.2) is 0 Å². The number of phenols is 1. The van der Waals surface area contributed by atoms with E-state index in [1.54, 1.807) is 12.1 Å². The van der Waals surface area contributed by atoms with Crippen molar-refractivity contribution < 1.29 is 18.3 Å². The van der Waals surface area contributed by atoms with E-state index in [1.165, 1.54) is 46.0 Å². The highest BCUT2D eigenvalue weighted by Crippen LogP contribution is 2.36. The number of para-hydroxylation sites is 1. The van der Waals surface area contributed by atoms with E-state index in [2.05, 4.69) is 10.3 Å². The number of phenolic OH excluding ortho intramolecular Hbond substituents is 1. The van der Waals surface area contributed by atoms with Gasteiger partial charge >= 0.3 is 0 Å². The van der Waals surface area contributed by atoms with Gasteiger partial charge in [0, 0.05) is 24.3 Å². The zero-order valence-corrected chi connectivity index (χ0v) is 20.6. The van der Waals surface area contributed by atoms with Gasteiger partial charge < -0.3 is 10.4 Å². The van der Waals surface area contributed by atoms with Crippen LogP contribution in [0, 0.1) is 0 Å². The van der Waals surface area contributed by atoms with Crippen molar-refractivity contribution >= 4 is 43.2 Å². The first-order chi connectivity index (χ1) is 16.9. The van der Waals surface area contributed by atoms with Crippen LogP contribution in [0.1, 0.15) is 36.0 Å². The molecule has 2 heterocycles. The van der Waals surface area contributed by atoms with Crippen LogP contribution in [-0.4, -0.2) is 41.8 Å². The van der Waals surface area contributed by atoms with Gasteiger partial charge in [-0.05, 0) is 67.4 Å². The summed E-state index contributed by atoms with van der Waals surface area (Å²) in [5.74, 6) is -0.296. The molecule has 1 aliphatic rings. The zero-order chi connectivity index (χ0) is 24.4. The number of thiazole rings is 1. The van der Waals surface area contributed by atoms with Crippen LogP contribution in [0.5, 0.6) is 5.75 Å². The van der Waals surface area contributed by atoms with E-state index in [1.807, 2.05) is 24.3 Å². The van der Waals surface area contributed by atoms with Gasteiger partial charge in [-0.2, -0.15) is 4.31 Å². The Hall–Kier alpha value is -3.27. The van der Waals surface area contributed by atoms with Crippen molar-refractivity contribution in [3.8, 4) is 16.3 Å². The summed E-state index contributed by atoms with van der Waals surface area (Å²) in [6, 6.07) is 18.6. The Bertz CT molecular complexity index is 1440. The molecule has 1 amide bonds. The molecule has 0 unspecified atom stereocenters. The van der Waals surface area contributed by atoms with Crippen molar-refractivity contribution in [1.82, 2.24) is 9.29 Å². The third-order valence-electron chi connectivity index (χ3n) is 6.10. The number of hydrogen-bond acceptors (Lipinski definition) is 6. The Balaban J connectivity index is 1.34. The summed E-state index contributed by atoms with van der Waals surface area (Å²) in [4.78, 5) is 17.6. The number of hydrogen-bond donors (Lipinski definition) is 2. The molecule has 0 bridgehead atoms. The van der Waals surface area contributed by atoms with Crippen molar-refractivity contribution in [2.24, 2.45) is 0 Å². The molecule has 0 atom stereocenters. The first-order valence-electron chi connectivity index (χ1n) is 11.5. The van der Waals surface area contributed by atoms with Crippen LogP contribution in [0.15, 0.2) is 71.6 Å². The normalized spacial score (nSPS) is 15.1. The van der Waals surface area contributed by atoms with E-state index in [0.717, 1.165) is 35.9 Å². The summed E-state index contributed by atoms with van der Waals surface area (Å²) < 4.78 is 28.5. The van der Waals surface area contributed by atoms with Gasteiger partial charge in [0.25, 0.3) is 5.91 Å². The second-order valence-corrected chi connectivity index (χ2v) is 11.5. The molecule has 1 fully saturated rings. The molecular weight excluding hydrogens is 482 g/mol. The molecule has 9 heteroatoms. The summed E-state index contributed by atoms with van der Waals surface area (Å²) in [5.41, 5.74) is 2.22. The lowest BCUT2D eigenvalue weighted by molar-refractivity contribution is 0.102. The lowest BCUT2D eigenvalue weighted by atomic mass is 10.1. The molecule has 0 spiro atoms. The molecule has 3 aromatic carbocycles. The monoisotopic (exact) mass is 507 g/mol. The second kappa shape index (κ2) is 9.77. The Labute approximate surface area is 208 Å². The summed E-state index contributed by atoms with van der Waals surface area (Å²) in [6.45, 7) is 1.06. The number of benzene rings is 3. The number of nitrogens with one attached hydrogen (secondary N) is 1. The minimum Gasteiger partial charge on any atom is -0.507 e. The van der Waals surface area contributed by atoms with Crippen LogP contribution in [0.3, 0.4) is 0 Å². The lowest BCUT2D eigenvalue weighted by Gasteiger charge is -2.20. The summed E-state index contributed by atoms with van der Waals surface area (Å²) >= 11 is 1.46. The number of aromatic nitrogens is 1. The molecule has 0 saturated carbocycles. The number of sulfonamides is 1. The van der Waals surface area contributed by atoms with Crippen molar-refractivity contribution in [2.45, 2.75) is 30.6 Å². The highest BCUT2D eigenvalue weighted by molar-refractivity contribution is 7.89. The van der Waals surface area contributed by atoms with Gasteiger partial charge in [0.1, 0.15) is 10.8 Å². The van der Waals surface area contributed by atoms with E-state index in [9.17, 15) is 18.3 Å². The standard InChI is InChI=1S/C26H25N3O4S2/c30-23-14-11-19(17-21(23)26-28-22-7-3-4-8-24(22)34-26)27-25(31)18-9-12-20(13-10-18)35(32,33)29-15-5-1-2-6-16-29/h3-4,7-14,17,30H,1-2,5-6,15-16H2,(H,27,31). The summed E-state index contributed by atoms with van der Waals surface area (Å²) in [5, 5.41) is 13.9. The molecule has 0 radical (unpaired) electrons. The van der Waals surface area contributed by atoms with E-state index >= 15 is 0 Å². The van der Waals surface area contributed by atoms with Crippen molar-refractivity contribution in [3.05, 3.63) is 72.3 Å². The number of fused-ring (bicyclic) bond motifs is 1. The fourth-order valence-corrected chi connectivity index (χ4v) is 6.69. The molecule has 4 aromatic rings. The van der Waals surface area contributed by atoms with Gasteiger partial charge in [-0.25, -0.2) is 13.4 Å². The molecule has 180 valence electrons. The van der Waals surface area contributed by atoms with Gasteiger partial charge in [-0.15, -0.1) is 11.3 Å². The third kappa shape index (κ3) is 4.93. The Morgan fingerprint density at radius 1 is 0.943 bits per heavy atom. The highest BCUT2D eigenvalue weighted by Gasteiger charge is 2.25. The molecule has 0 aliphatic carbocycles. The van der Waals surface area contributed by atoms with E-state index in [4.69, 9.17) is 0 Å². The molecule has 7 nitrogen and oxygen atoms in total. The second-order valence-electron chi connectivity index (χ2n) is 8.52. The molecule has 1 aliphatic heterocycles. The first-order valence-corrected chi connectivity index (χ1v) is 13.8. The molecule has 1 saturated heterocycles. The topological polar surface area (TPSA) is 99.6 Å². The van der Waals surface area contributed by atoms with Crippen molar-refractivity contribution in [3.63, 3.8) is 0 Å². The Kier molecular flexibility index (Phi) is 6.55. The largest absolute Gasteiger partial charge is 0.507 e. The molecule has 1 aromatic heterocycles. The quantitative estimate of drug-likeness (QED) is 0.348. The number of rotatable bonds is 5. The van der Waals surface area contributed by atoms with E-state index < -0.39 is 10.0 Å². The molecule has 2 N–H and O–H groups in total. The third-order valence-corrected chi connectivity index (χ3v) is 9.08. The van der Waals surface area contributed by atoms with Gasteiger partial charge in [0.2, 0.25) is 10.0 Å². The van der Waals surface area contributed by atoms with Crippen LogP contribution >= 0.6 is 11.3 Å². The van der Waals surface area contributed by atoms with Gasteiger partial charge in [-0.3, -0.25) is 4.79 Å². The van der Waals surface area contributed by atoms with E-state index in [0.29, 0.717) is 34.9 Å². The SMILES string of the molecule is O=C(Nc1ccc(O)c(-c2nc3ccccc3s2)c1)c1ccc(S(=O)(=O)N2CCCCCC2)cc1. The first kappa shape index (κ1) is 23.5. The molecule has 35 heavy (non-hydrogen) atoms. The Morgan fingerprint density at radius 3 is 2.37 bits per heavy atom. The van der Waals surface area contributed by atoms with Crippen LogP contribution in [0.25, 0.3) is 20.8 Å². The van der Waals surface area contributed by atoms with Gasteiger partial charge in [0.05, 0.1) is 20.7 Å². The van der Waals surface area contributed by atoms with Crippen LogP contribution < -0.4 is 5.32 Å². The average Bonchev–Trinajstić information content (AvgIpc) is 3.09. The summed E-state index contributed by atoms with van der Waals surface area (Å²) in [6.07, 6.45) is 3.82. The van der Waals surface area contributed by atoms with E-state index in [-0.39, 0.29) is 16.6 Å². The van der Waals surface area contributed by atoms with Gasteiger partial charge in [-0.1, -0.05) is 25.0 Å². The Morgan fingerprint density at radius 2 is 1.66 bits per heavy atom. The average molecular weight is 508 g/mol. The van der Waals surface area contributed by atoms with Crippen molar-refractivity contribution in [2.75, 3.05) is 18.4 Å². The predicted molar refractivity (Wildman–Crippen MR) is 138 cm³/mol. The van der Waals surface area contributed by atoms with Crippen molar-refractivity contribution in [1.29, 1.82) is 0 Å². The number of anilines is 1. The smallest absolute Gasteiger partial charge is 0.255 e. The van der Waals surface area contributed by atoms with Crippen LogP contribution in [0.4, 0.5) is 5.69 Å². The minimum absolute atomic E-state index is 0.0742.